The minimum Gasteiger partial charge on any atom is -0.287 e. The second kappa shape index (κ2) is 2.98. The number of halogens is 4. The molecule has 1 aromatic carbocycles. The number of fused-ring (bicyclic) bond motifs is 1. The first kappa shape index (κ1) is 10.5. The lowest BCUT2D eigenvalue weighted by Crippen LogP contribution is -2.26. The van der Waals surface area contributed by atoms with E-state index in [2.05, 4.69) is 12.6 Å². The molecule has 1 aromatic rings. The normalized spacial score (nSPS) is 23.0. The van der Waals surface area contributed by atoms with Gasteiger partial charge in [0.15, 0.2) is 6.17 Å². The first-order valence-corrected chi connectivity index (χ1v) is 4.40. The predicted molar refractivity (Wildman–Crippen MR) is 46.8 cm³/mol. The highest BCUT2D eigenvalue weighted by atomic mass is 32.1. The van der Waals surface area contributed by atoms with Gasteiger partial charge in [-0.2, -0.15) is 8.78 Å². The van der Waals surface area contributed by atoms with Crippen LogP contribution in [0.2, 0.25) is 0 Å². The minimum atomic E-state index is -4.19. The Balaban J connectivity index is 2.78. The summed E-state index contributed by atoms with van der Waals surface area (Å²) in [5.74, 6) is -7.06. The fraction of sp³-hybridized carbons (Fsp3) is 0.222. The molecule has 0 amide bonds. The van der Waals surface area contributed by atoms with Gasteiger partial charge in [0.2, 0.25) is 5.78 Å². The number of benzene rings is 1. The Morgan fingerprint density at radius 1 is 1.33 bits per heavy atom. The van der Waals surface area contributed by atoms with Gasteiger partial charge in [0.05, 0.1) is 0 Å². The number of hydrogen-bond acceptors (Lipinski definition) is 2. The number of carbonyl (C=O) groups is 1. The zero-order valence-corrected chi connectivity index (χ0v) is 7.99. The number of hydrogen-bond donors (Lipinski definition) is 1. The smallest absolute Gasteiger partial charge is 0.287 e. The van der Waals surface area contributed by atoms with Gasteiger partial charge in [-0.1, -0.05) is 0 Å². The second-order valence-corrected chi connectivity index (χ2v) is 3.65. The van der Waals surface area contributed by atoms with E-state index in [1.165, 1.54) is 0 Å². The van der Waals surface area contributed by atoms with Crippen LogP contribution in [0.5, 0.6) is 0 Å². The summed E-state index contributed by atoms with van der Waals surface area (Å²) in [6.07, 6.45) is -2.92. The van der Waals surface area contributed by atoms with Gasteiger partial charge >= 0.3 is 5.92 Å². The molecule has 1 unspecified atom stereocenters. The molecule has 2 rings (SSSR count). The van der Waals surface area contributed by atoms with Gasteiger partial charge in [0.25, 0.3) is 0 Å². The standard InChI is InChI=1S/C9H4F4OS/c10-3-1-2-4(15)6-5(3)7(11)9(12,13)8(6)14/h1-2,7,15H. The monoisotopic (exact) mass is 236 g/mol. The Hall–Kier alpha value is -1.04. The maximum atomic E-state index is 13.1. The summed E-state index contributed by atoms with van der Waals surface area (Å²) < 4.78 is 52.1. The highest BCUT2D eigenvalue weighted by molar-refractivity contribution is 7.80. The van der Waals surface area contributed by atoms with Crippen LogP contribution in [-0.4, -0.2) is 11.7 Å². The molecule has 6 heteroatoms. The van der Waals surface area contributed by atoms with Crippen LogP contribution in [0.3, 0.4) is 0 Å². The van der Waals surface area contributed by atoms with Gasteiger partial charge in [-0.15, -0.1) is 12.6 Å². The summed E-state index contributed by atoms with van der Waals surface area (Å²) in [4.78, 5) is 11.0. The van der Waals surface area contributed by atoms with Crippen LogP contribution in [0.4, 0.5) is 17.6 Å². The SMILES string of the molecule is O=C1c2c(S)ccc(F)c2C(F)C1(F)F. The molecule has 1 aliphatic rings. The van der Waals surface area contributed by atoms with E-state index in [4.69, 9.17) is 0 Å². The summed E-state index contributed by atoms with van der Waals surface area (Å²) in [5.41, 5.74) is -1.55. The fourth-order valence-electron chi connectivity index (χ4n) is 1.53. The van der Waals surface area contributed by atoms with E-state index in [0.29, 0.717) is 0 Å². The molecule has 0 spiro atoms. The predicted octanol–water partition coefficient (Wildman–Crippen LogP) is 2.96. The third-order valence-corrected chi connectivity index (χ3v) is 2.64. The highest BCUT2D eigenvalue weighted by Gasteiger charge is 2.58. The molecule has 0 bridgehead atoms. The van der Waals surface area contributed by atoms with Crippen LogP contribution < -0.4 is 0 Å². The zero-order valence-electron chi connectivity index (χ0n) is 7.10. The molecule has 0 N–H and O–H groups in total. The lowest BCUT2D eigenvalue weighted by molar-refractivity contribution is -0.0372. The number of Topliss-reactive ketones (excluding diaryl/α,β-unsaturated/α-hetero) is 1. The average Bonchev–Trinajstić information content (AvgIpc) is 2.35. The van der Waals surface area contributed by atoms with E-state index < -0.39 is 34.8 Å². The summed E-state index contributed by atoms with van der Waals surface area (Å²) >= 11 is 3.73. The van der Waals surface area contributed by atoms with Crippen molar-refractivity contribution in [1.82, 2.24) is 0 Å². The molecule has 1 aliphatic carbocycles. The van der Waals surface area contributed by atoms with Crippen molar-refractivity contribution >= 4 is 18.4 Å². The molecule has 1 nitrogen and oxygen atoms in total. The molecule has 1 atom stereocenters. The molecule has 15 heavy (non-hydrogen) atoms. The van der Waals surface area contributed by atoms with Crippen molar-refractivity contribution in [1.29, 1.82) is 0 Å². The van der Waals surface area contributed by atoms with E-state index in [1.54, 1.807) is 0 Å². The maximum absolute atomic E-state index is 13.1. The second-order valence-electron chi connectivity index (χ2n) is 3.17. The molecule has 0 saturated carbocycles. The summed E-state index contributed by atoms with van der Waals surface area (Å²) in [7, 11) is 0. The number of alkyl halides is 3. The van der Waals surface area contributed by atoms with Crippen molar-refractivity contribution in [3.63, 3.8) is 0 Å². The van der Waals surface area contributed by atoms with Crippen molar-refractivity contribution < 1.29 is 22.4 Å². The molecule has 0 radical (unpaired) electrons. The highest BCUT2D eigenvalue weighted by Crippen LogP contribution is 2.48. The van der Waals surface area contributed by atoms with Gasteiger partial charge < -0.3 is 0 Å². The minimum absolute atomic E-state index is 0.142. The Labute approximate surface area is 87.5 Å². The largest absolute Gasteiger partial charge is 0.344 e. The van der Waals surface area contributed by atoms with E-state index in [9.17, 15) is 22.4 Å². The molecule has 0 aliphatic heterocycles. The van der Waals surface area contributed by atoms with Crippen LogP contribution >= 0.6 is 12.6 Å². The van der Waals surface area contributed by atoms with Gasteiger partial charge in [-0.05, 0) is 12.1 Å². The number of ketones is 1. The summed E-state index contributed by atoms with van der Waals surface area (Å²) in [5, 5.41) is 0. The van der Waals surface area contributed by atoms with E-state index in [1.807, 2.05) is 0 Å². The van der Waals surface area contributed by atoms with Gasteiger partial charge in [-0.25, -0.2) is 8.78 Å². The Morgan fingerprint density at radius 3 is 2.47 bits per heavy atom. The van der Waals surface area contributed by atoms with Crippen molar-refractivity contribution in [3.05, 3.63) is 29.1 Å². The lowest BCUT2D eigenvalue weighted by atomic mass is 10.1. The molecule has 0 heterocycles. The van der Waals surface area contributed by atoms with Crippen LogP contribution in [0, 0.1) is 5.82 Å². The third kappa shape index (κ3) is 1.20. The van der Waals surface area contributed by atoms with Gasteiger partial charge in [0, 0.05) is 16.0 Å². The first-order valence-electron chi connectivity index (χ1n) is 3.95. The maximum Gasteiger partial charge on any atom is 0.344 e. The number of rotatable bonds is 0. The van der Waals surface area contributed by atoms with E-state index in [-0.39, 0.29) is 4.90 Å². The summed E-state index contributed by atoms with van der Waals surface area (Å²) in [6.45, 7) is 0. The molecule has 80 valence electrons. The quantitative estimate of drug-likeness (QED) is 0.541. The van der Waals surface area contributed by atoms with E-state index >= 15 is 0 Å². The fourth-order valence-corrected chi connectivity index (χ4v) is 1.83. The van der Waals surface area contributed by atoms with Crippen LogP contribution in [0.1, 0.15) is 22.1 Å². The van der Waals surface area contributed by atoms with Gasteiger partial charge in [-0.3, -0.25) is 4.79 Å². The van der Waals surface area contributed by atoms with Crippen molar-refractivity contribution in [2.24, 2.45) is 0 Å². The van der Waals surface area contributed by atoms with Crippen molar-refractivity contribution in [2.75, 3.05) is 0 Å². The Bertz CT molecular complexity index is 458. The third-order valence-electron chi connectivity index (χ3n) is 2.27. The van der Waals surface area contributed by atoms with Crippen molar-refractivity contribution in [2.45, 2.75) is 17.0 Å². The topological polar surface area (TPSA) is 17.1 Å². The summed E-state index contributed by atoms with van der Waals surface area (Å²) in [6, 6.07) is 1.85. The lowest BCUT2D eigenvalue weighted by Gasteiger charge is -2.09. The van der Waals surface area contributed by atoms with Crippen LogP contribution in [-0.2, 0) is 0 Å². The van der Waals surface area contributed by atoms with Crippen LogP contribution in [0.25, 0.3) is 0 Å². The number of thiol groups is 1. The average molecular weight is 236 g/mol. The Morgan fingerprint density at radius 2 is 1.93 bits per heavy atom. The van der Waals surface area contributed by atoms with E-state index in [0.717, 1.165) is 12.1 Å². The molecule has 0 aromatic heterocycles. The molecular weight excluding hydrogens is 232 g/mol. The molecule has 0 fully saturated rings. The molecule has 0 saturated heterocycles. The van der Waals surface area contributed by atoms with Crippen molar-refractivity contribution in [3.8, 4) is 0 Å². The Kier molecular flexibility index (Phi) is 2.08. The van der Waals surface area contributed by atoms with Crippen LogP contribution in [0.15, 0.2) is 17.0 Å². The number of carbonyl (C=O) groups excluding carboxylic acids is 1. The first-order chi connectivity index (χ1) is 6.87. The van der Waals surface area contributed by atoms with Gasteiger partial charge in [0.1, 0.15) is 5.82 Å². The molecular formula is C9H4F4OS. The zero-order chi connectivity index (χ0) is 11.4.